The summed E-state index contributed by atoms with van der Waals surface area (Å²) in [6, 6.07) is 16.1. The van der Waals surface area contributed by atoms with Crippen molar-refractivity contribution in [2.24, 2.45) is 4.99 Å². The number of benzene rings is 2. The Labute approximate surface area is 146 Å². The van der Waals surface area contributed by atoms with Crippen molar-refractivity contribution in [3.05, 3.63) is 65.2 Å². The molecule has 0 bridgehead atoms. The van der Waals surface area contributed by atoms with Gasteiger partial charge in [-0.1, -0.05) is 35.9 Å². The van der Waals surface area contributed by atoms with Crippen LogP contribution in [0.5, 0.6) is 0 Å². The van der Waals surface area contributed by atoms with E-state index in [2.05, 4.69) is 15.8 Å². The van der Waals surface area contributed by atoms with E-state index in [0.717, 1.165) is 17.4 Å². The Bertz CT molecular complexity index is 868. The summed E-state index contributed by atoms with van der Waals surface area (Å²) in [5, 5.41) is 9.16. The third kappa shape index (κ3) is 5.69. The van der Waals surface area contributed by atoms with E-state index in [4.69, 9.17) is 16.9 Å². The number of sulfonamides is 1. The smallest absolute Gasteiger partial charge is 0.229 e. The molecule has 0 aliphatic carbocycles. The Morgan fingerprint density at radius 1 is 1.17 bits per heavy atom. The molecule has 0 saturated carbocycles. The van der Waals surface area contributed by atoms with Crippen molar-refractivity contribution in [3.63, 3.8) is 0 Å². The van der Waals surface area contributed by atoms with E-state index in [-0.39, 0.29) is 0 Å². The molecule has 2 aromatic rings. The van der Waals surface area contributed by atoms with Crippen LogP contribution in [0.15, 0.2) is 53.5 Å². The van der Waals surface area contributed by atoms with Gasteiger partial charge in [0.15, 0.2) is 0 Å². The average molecular weight is 362 g/mol. The summed E-state index contributed by atoms with van der Waals surface area (Å²) in [6.07, 6.45) is 1.80. The zero-order valence-electron chi connectivity index (χ0n) is 13.0. The van der Waals surface area contributed by atoms with Gasteiger partial charge in [-0.05, 0) is 36.2 Å². The zero-order chi connectivity index (χ0) is 17.6. The van der Waals surface area contributed by atoms with Gasteiger partial charge in [-0.2, -0.15) is 5.26 Å². The first kappa shape index (κ1) is 18.0. The second kappa shape index (κ2) is 7.95. The molecule has 5 nitrogen and oxygen atoms in total. The minimum atomic E-state index is -3.26. The molecule has 0 amide bonds. The minimum Gasteiger partial charge on any atom is -0.284 e. The lowest BCUT2D eigenvalue weighted by molar-refractivity contribution is 0.607. The Balaban J connectivity index is 1.94. The predicted octanol–water partition coefficient (Wildman–Crippen LogP) is 3.16. The molecule has 0 saturated heterocycles. The first-order valence-electron chi connectivity index (χ1n) is 7.14. The van der Waals surface area contributed by atoms with Crippen LogP contribution in [0.25, 0.3) is 0 Å². The molecular weight excluding hydrogens is 346 g/mol. The lowest BCUT2D eigenvalue weighted by Crippen LogP contribution is -2.09. The number of nitriles is 1. The normalized spacial score (nSPS) is 11.8. The fourth-order valence-corrected chi connectivity index (χ4v) is 2.79. The SMILES string of the molecule is CS(=O)(=O)Nc1ccc(CCN=C(Cl)c2ccc(C#N)cc2)cc1. The van der Waals surface area contributed by atoms with Crippen LogP contribution in [0.4, 0.5) is 5.69 Å². The Morgan fingerprint density at radius 3 is 2.33 bits per heavy atom. The number of hydrogen-bond donors (Lipinski definition) is 1. The summed E-state index contributed by atoms with van der Waals surface area (Å²) in [6.45, 7) is 0.512. The Morgan fingerprint density at radius 2 is 1.79 bits per heavy atom. The van der Waals surface area contributed by atoms with Gasteiger partial charge in [0, 0.05) is 17.8 Å². The second-order valence-electron chi connectivity index (χ2n) is 5.18. The van der Waals surface area contributed by atoms with Gasteiger partial charge in [0.05, 0.1) is 17.9 Å². The maximum Gasteiger partial charge on any atom is 0.229 e. The van der Waals surface area contributed by atoms with Gasteiger partial charge in [0.2, 0.25) is 10.0 Å². The molecule has 0 fully saturated rings. The summed E-state index contributed by atoms with van der Waals surface area (Å²) in [5.74, 6) is 0. The van der Waals surface area contributed by atoms with Crippen molar-refractivity contribution >= 4 is 32.5 Å². The maximum absolute atomic E-state index is 11.1. The topological polar surface area (TPSA) is 82.3 Å². The molecule has 0 aliphatic heterocycles. The molecule has 7 heteroatoms. The van der Waals surface area contributed by atoms with Crippen molar-refractivity contribution in [1.29, 1.82) is 5.26 Å². The summed E-state index contributed by atoms with van der Waals surface area (Å²) in [7, 11) is -3.26. The molecule has 2 rings (SSSR count). The van der Waals surface area contributed by atoms with Crippen LogP contribution in [0.3, 0.4) is 0 Å². The quantitative estimate of drug-likeness (QED) is 0.802. The van der Waals surface area contributed by atoms with Crippen molar-refractivity contribution in [2.45, 2.75) is 6.42 Å². The minimum absolute atomic E-state index is 0.398. The highest BCUT2D eigenvalue weighted by atomic mass is 35.5. The molecule has 0 aromatic heterocycles. The highest BCUT2D eigenvalue weighted by molar-refractivity contribution is 7.92. The van der Waals surface area contributed by atoms with Crippen molar-refractivity contribution in [2.75, 3.05) is 17.5 Å². The first-order chi connectivity index (χ1) is 11.4. The highest BCUT2D eigenvalue weighted by Gasteiger charge is 2.02. The van der Waals surface area contributed by atoms with Crippen LogP contribution in [0.1, 0.15) is 16.7 Å². The fourth-order valence-electron chi connectivity index (χ4n) is 2.01. The van der Waals surface area contributed by atoms with Crippen LogP contribution >= 0.6 is 11.6 Å². The highest BCUT2D eigenvalue weighted by Crippen LogP contribution is 2.12. The van der Waals surface area contributed by atoms with Gasteiger partial charge >= 0.3 is 0 Å². The van der Waals surface area contributed by atoms with Gasteiger partial charge in [-0.25, -0.2) is 8.42 Å². The molecule has 1 N–H and O–H groups in total. The van der Waals surface area contributed by atoms with Gasteiger partial charge in [0.25, 0.3) is 0 Å². The van der Waals surface area contributed by atoms with Crippen molar-refractivity contribution in [1.82, 2.24) is 0 Å². The zero-order valence-corrected chi connectivity index (χ0v) is 14.6. The monoisotopic (exact) mass is 361 g/mol. The largest absolute Gasteiger partial charge is 0.284 e. The summed E-state index contributed by atoms with van der Waals surface area (Å²) < 4.78 is 24.7. The van der Waals surface area contributed by atoms with Gasteiger partial charge < -0.3 is 0 Å². The number of anilines is 1. The third-order valence-corrected chi connectivity index (χ3v) is 4.10. The number of halogens is 1. The third-order valence-electron chi connectivity index (χ3n) is 3.16. The Kier molecular flexibility index (Phi) is 5.96. The van der Waals surface area contributed by atoms with Gasteiger partial charge in [-0.15, -0.1) is 0 Å². The van der Waals surface area contributed by atoms with E-state index in [9.17, 15) is 8.42 Å². The van der Waals surface area contributed by atoms with Crippen LogP contribution in [-0.2, 0) is 16.4 Å². The first-order valence-corrected chi connectivity index (χ1v) is 9.41. The molecule has 0 heterocycles. The molecule has 0 aliphatic rings. The molecule has 0 unspecified atom stereocenters. The summed E-state index contributed by atoms with van der Waals surface area (Å²) in [4.78, 5) is 4.31. The number of aliphatic imine (C=N–C) groups is 1. The number of nitrogens with zero attached hydrogens (tertiary/aromatic N) is 2. The molecule has 0 radical (unpaired) electrons. The summed E-state index contributed by atoms with van der Waals surface area (Å²) in [5.41, 5.74) is 2.90. The number of nitrogens with one attached hydrogen (secondary N) is 1. The molecule has 124 valence electrons. The number of hydrogen-bond acceptors (Lipinski definition) is 4. The second-order valence-corrected chi connectivity index (χ2v) is 7.29. The number of rotatable bonds is 6. The van der Waals surface area contributed by atoms with E-state index < -0.39 is 10.0 Å². The van der Waals surface area contributed by atoms with Gasteiger partial charge in [-0.3, -0.25) is 9.71 Å². The molecule has 2 aromatic carbocycles. The van der Waals surface area contributed by atoms with E-state index in [1.54, 1.807) is 36.4 Å². The lowest BCUT2D eigenvalue weighted by Gasteiger charge is -2.05. The van der Waals surface area contributed by atoms with Gasteiger partial charge in [0.1, 0.15) is 5.17 Å². The average Bonchev–Trinajstić information content (AvgIpc) is 2.55. The standard InChI is InChI=1S/C17H16ClN3O2S/c1-24(22,23)21-16-8-4-13(5-9-16)10-11-20-17(18)15-6-2-14(12-19)3-7-15/h2-9,21H,10-11H2,1H3. The maximum atomic E-state index is 11.1. The van der Waals surface area contributed by atoms with Crippen LogP contribution in [0, 0.1) is 11.3 Å². The van der Waals surface area contributed by atoms with Crippen LogP contribution in [-0.4, -0.2) is 26.4 Å². The Hall–Kier alpha value is -2.36. The molecule has 24 heavy (non-hydrogen) atoms. The van der Waals surface area contributed by atoms with E-state index >= 15 is 0 Å². The van der Waals surface area contributed by atoms with E-state index in [1.807, 2.05) is 12.1 Å². The van der Waals surface area contributed by atoms with Crippen molar-refractivity contribution < 1.29 is 8.42 Å². The van der Waals surface area contributed by atoms with Crippen LogP contribution in [0.2, 0.25) is 0 Å². The van der Waals surface area contributed by atoms with Crippen LogP contribution < -0.4 is 4.72 Å². The van der Waals surface area contributed by atoms with E-state index in [1.165, 1.54) is 0 Å². The summed E-state index contributed by atoms with van der Waals surface area (Å²) >= 11 is 6.16. The lowest BCUT2D eigenvalue weighted by atomic mass is 10.1. The molecular formula is C17H16ClN3O2S. The van der Waals surface area contributed by atoms with Crippen molar-refractivity contribution in [3.8, 4) is 6.07 Å². The predicted molar refractivity (Wildman–Crippen MR) is 97.0 cm³/mol. The fraction of sp³-hybridized carbons (Fsp3) is 0.176. The molecule has 0 atom stereocenters. The molecule has 0 spiro atoms. The van der Waals surface area contributed by atoms with E-state index in [0.29, 0.717) is 29.4 Å².